The number of nitrogens with zero attached hydrogens (tertiary/aromatic N) is 3. The average Bonchev–Trinajstić information content (AvgIpc) is 3.20. The zero-order valence-corrected chi connectivity index (χ0v) is 16.4. The van der Waals surface area contributed by atoms with E-state index in [-0.39, 0.29) is 11.8 Å². The number of aliphatic imine (C=N–C) groups is 1. The predicted molar refractivity (Wildman–Crippen MR) is 107 cm³/mol. The van der Waals surface area contributed by atoms with Gasteiger partial charge in [0.2, 0.25) is 0 Å². The molecule has 8 nitrogen and oxygen atoms in total. The fraction of sp³-hybridized carbons (Fsp3) is 0.421. The highest BCUT2D eigenvalue weighted by atomic mass is 16.2. The van der Waals surface area contributed by atoms with E-state index >= 15 is 0 Å². The van der Waals surface area contributed by atoms with E-state index in [0.29, 0.717) is 36.6 Å². The number of carbonyl (C=O) groups is 2. The van der Waals surface area contributed by atoms with Gasteiger partial charge in [0.05, 0.1) is 11.5 Å². The molecule has 0 radical (unpaired) electrons. The third kappa shape index (κ3) is 5.47. The van der Waals surface area contributed by atoms with Crippen LogP contribution in [-0.2, 0) is 14.1 Å². The fourth-order valence-electron chi connectivity index (χ4n) is 2.75. The molecule has 8 heteroatoms. The summed E-state index contributed by atoms with van der Waals surface area (Å²) in [6.45, 7) is 5.98. The Morgan fingerprint density at radius 2 is 1.85 bits per heavy atom. The predicted octanol–water partition coefficient (Wildman–Crippen LogP) is 1.76. The third-order valence-electron chi connectivity index (χ3n) is 4.05. The summed E-state index contributed by atoms with van der Waals surface area (Å²) in [4.78, 5) is 29.1. The maximum atomic E-state index is 12.4. The lowest BCUT2D eigenvalue weighted by molar-refractivity contribution is 0.0945. The van der Waals surface area contributed by atoms with Crippen molar-refractivity contribution in [3.05, 3.63) is 42.0 Å². The molecule has 146 valence electrons. The van der Waals surface area contributed by atoms with Crippen molar-refractivity contribution in [1.29, 1.82) is 0 Å². The van der Waals surface area contributed by atoms with E-state index in [9.17, 15) is 9.59 Å². The molecule has 27 heavy (non-hydrogen) atoms. The fourth-order valence-corrected chi connectivity index (χ4v) is 2.75. The molecule has 0 saturated carbocycles. The number of rotatable bonds is 8. The average molecular weight is 372 g/mol. The summed E-state index contributed by atoms with van der Waals surface area (Å²) in [5.41, 5.74) is 1.61. The summed E-state index contributed by atoms with van der Waals surface area (Å²) < 4.78 is 3.44. The van der Waals surface area contributed by atoms with Gasteiger partial charge in [0.15, 0.2) is 0 Å². The van der Waals surface area contributed by atoms with Crippen LogP contribution in [0.1, 0.15) is 41.2 Å². The van der Waals surface area contributed by atoms with Gasteiger partial charge in [-0.25, -0.2) is 0 Å². The van der Waals surface area contributed by atoms with E-state index in [1.54, 1.807) is 34.5 Å². The van der Waals surface area contributed by atoms with Gasteiger partial charge in [-0.3, -0.25) is 14.6 Å². The molecule has 2 amide bonds. The van der Waals surface area contributed by atoms with Crippen molar-refractivity contribution in [1.82, 2.24) is 19.8 Å². The van der Waals surface area contributed by atoms with Gasteiger partial charge in [0, 0.05) is 52.5 Å². The molecule has 2 heterocycles. The summed E-state index contributed by atoms with van der Waals surface area (Å²) in [7, 11) is 3.58. The number of aryl methyl sites for hydroxylation is 2. The van der Waals surface area contributed by atoms with Crippen LogP contribution in [0.4, 0.5) is 5.69 Å². The first-order valence-electron chi connectivity index (χ1n) is 9.10. The molecule has 0 aliphatic rings. The van der Waals surface area contributed by atoms with Crippen LogP contribution >= 0.6 is 0 Å². The number of amides is 2. The molecule has 0 aliphatic heterocycles. The SMILES string of the molecule is CC/N=C(/CCNC(=O)c1cc(NC(=O)c2cccn2C)cn1C)NCC. The highest BCUT2D eigenvalue weighted by molar-refractivity contribution is 6.04. The van der Waals surface area contributed by atoms with Crippen molar-refractivity contribution < 1.29 is 9.59 Å². The van der Waals surface area contributed by atoms with Crippen LogP contribution < -0.4 is 16.0 Å². The molecule has 0 spiro atoms. The highest BCUT2D eigenvalue weighted by Gasteiger charge is 2.15. The molecule has 3 N–H and O–H groups in total. The standard InChI is InChI=1S/C19H28N6O2/c1-5-20-17(21-6-2)9-10-22-18(26)16-12-14(13-25(16)4)23-19(27)15-8-7-11-24(15)3/h7-8,11-13H,5-6,9-10H2,1-4H3,(H,20,21)(H,22,26)(H,23,27). The number of anilines is 1. The number of carbonyl (C=O) groups excluding carboxylic acids is 2. The number of amidine groups is 1. The zero-order valence-electron chi connectivity index (χ0n) is 16.4. The lowest BCUT2D eigenvalue weighted by Gasteiger charge is -2.09. The van der Waals surface area contributed by atoms with Crippen molar-refractivity contribution in [2.75, 3.05) is 25.0 Å². The van der Waals surface area contributed by atoms with Crippen LogP contribution in [0.5, 0.6) is 0 Å². The minimum absolute atomic E-state index is 0.191. The van der Waals surface area contributed by atoms with E-state index in [0.717, 1.165) is 12.4 Å². The van der Waals surface area contributed by atoms with E-state index in [1.165, 1.54) is 0 Å². The first-order valence-corrected chi connectivity index (χ1v) is 9.10. The van der Waals surface area contributed by atoms with E-state index in [1.807, 2.05) is 33.2 Å². The number of nitrogens with one attached hydrogen (secondary N) is 3. The van der Waals surface area contributed by atoms with Crippen molar-refractivity contribution in [3.63, 3.8) is 0 Å². The normalized spacial score (nSPS) is 11.3. The molecule has 0 aliphatic carbocycles. The maximum Gasteiger partial charge on any atom is 0.272 e. The summed E-state index contributed by atoms with van der Waals surface area (Å²) in [5.74, 6) is 0.484. The maximum absolute atomic E-state index is 12.4. The number of hydrogen-bond donors (Lipinski definition) is 3. The lowest BCUT2D eigenvalue weighted by atomic mass is 10.3. The van der Waals surface area contributed by atoms with E-state index < -0.39 is 0 Å². The number of hydrogen-bond acceptors (Lipinski definition) is 3. The van der Waals surface area contributed by atoms with Crippen LogP contribution in [0, 0.1) is 0 Å². The molecule has 0 bridgehead atoms. The van der Waals surface area contributed by atoms with Gasteiger partial charge < -0.3 is 25.1 Å². The molecule has 0 atom stereocenters. The van der Waals surface area contributed by atoms with Crippen LogP contribution in [0.25, 0.3) is 0 Å². The van der Waals surface area contributed by atoms with Gasteiger partial charge in [-0.15, -0.1) is 0 Å². The molecule has 0 aromatic carbocycles. The van der Waals surface area contributed by atoms with E-state index in [4.69, 9.17) is 0 Å². The minimum atomic E-state index is -0.217. The Hall–Kier alpha value is -3.03. The first-order chi connectivity index (χ1) is 13.0. The molecule has 2 aromatic heterocycles. The second-order valence-corrected chi connectivity index (χ2v) is 6.14. The Bertz CT molecular complexity index is 818. The third-order valence-corrected chi connectivity index (χ3v) is 4.05. The highest BCUT2D eigenvalue weighted by Crippen LogP contribution is 2.14. The van der Waals surface area contributed by atoms with Crippen molar-refractivity contribution in [2.24, 2.45) is 19.1 Å². The summed E-state index contributed by atoms with van der Waals surface area (Å²) in [5, 5.41) is 8.91. The molecule has 0 unspecified atom stereocenters. The Labute approximate surface area is 159 Å². The Kier molecular flexibility index (Phi) is 7.22. The molecule has 0 fully saturated rings. The Morgan fingerprint density at radius 3 is 2.48 bits per heavy atom. The smallest absolute Gasteiger partial charge is 0.272 e. The topological polar surface area (TPSA) is 92.5 Å². The van der Waals surface area contributed by atoms with Crippen molar-refractivity contribution in [3.8, 4) is 0 Å². The number of aromatic nitrogens is 2. The minimum Gasteiger partial charge on any atom is -0.374 e. The van der Waals surface area contributed by atoms with Crippen LogP contribution in [0.2, 0.25) is 0 Å². The molecular weight excluding hydrogens is 344 g/mol. The molecule has 0 saturated heterocycles. The quantitative estimate of drug-likeness (QED) is 0.487. The van der Waals surface area contributed by atoms with Crippen molar-refractivity contribution in [2.45, 2.75) is 20.3 Å². The lowest BCUT2D eigenvalue weighted by Crippen LogP contribution is -2.31. The van der Waals surface area contributed by atoms with E-state index in [2.05, 4.69) is 20.9 Å². The van der Waals surface area contributed by atoms with Gasteiger partial charge in [-0.2, -0.15) is 0 Å². The Balaban J connectivity index is 1.95. The first kappa shape index (κ1) is 20.3. The summed E-state index contributed by atoms with van der Waals surface area (Å²) >= 11 is 0. The van der Waals surface area contributed by atoms with Gasteiger partial charge in [-0.1, -0.05) is 0 Å². The largest absolute Gasteiger partial charge is 0.374 e. The Morgan fingerprint density at radius 1 is 1.07 bits per heavy atom. The summed E-state index contributed by atoms with van der Waals surface area (Å²) in [6.07, 6.45) is 4.18. The zero-order chi connectivity index (χ0) is 19.8. The molecule has 2 aromatic rings. The van der Waals surface area contributed by atoms with Gasteiger partial charge in [0.25, 0.3) is 11.8 Å². The monoisotopic (exact) mass is 372 g/mol. The summed E-state index contributed by atoms with van der Waals surface area (Å²) in [6, 6.07) is 5.22. The van der Waals surface area contributed by atoms with Crippen LogP contribution in [0.3, 0.4) is 0 Å². The molecule has 2 rings (SSSR count). The second kappa shape index (κ2) is 9.61. The van der Waals surface area contributed by atoms with Crippen molar-refractivity contribution >= 4 is 23.3 Å². The second-order valence-electron chi connectivity index (χ2n) is 6.14. The van der Waals surface area contributed by atoms with Gasteiger partial charge in [0.1, 0.15) is 11.4 Å². The molecular formula is C19H28N6O2. The van der Waals surface area contributed by atoms with Gasteiger partial charge in [-0.05, 0) is 32.0 Å². The van der Waals surface area contributed by atoms with Gasteiger partial charge >= 0.3 is 0 Å². The van der Waals surface area contributed by atoms with Crippen LogP contribution in [-0.4, -0.2) is 46.4 Å². The van der Waals surface area contributed by atoms with Crippen LogP contribution in [0.15, 0.2) is 35.6 Å².